The molecule has 0 aliphatic rings. The van der Waals surface area contributed by atoms with Gasteiger partial charge in [-0.05, 0) is 5.92 Å². The fourth-order valence-electron chi connectivity index (χ4n) is 0.844. The lowest BCUT2D eigenvalue weighted by Crippen LogP contribution is -2.43. The molecule has 0 saturated heterocycles. The SMILES string of the molecule is CC[C@H](C)[C@H](NC(=O)OC)C(=O)I. The lowest BCUT2D eigenvalue weighted by Gasteiger charge is -2.19. The summed E-state index contributed by atoms with van der Waals surface area (Å²) in [6.07, 6.45) is 0.277. The maximum Gasteiger partial charge on any atom is 0.407 e. The Kier molecular flexibility index (Phi) is 6.02. The van der Waals surface area contributed by atoms with Gasteiger partial charge < -0.3 is 10.1 Å². The molecule has 76 valence electrons. The Labute approximate surface area is 91.5 Å². The Morgan fingerprint density at radius 2 is 2.08 bits per heavy atom. The van der Waals surface area contributed by atoms with E-state index in [9.17, 15) is 9.59 Å². The number of carbonyl (C=O) groups is 2. The van der Waals surface area contributed by atoms with Gasteiger partial charge in [0.2, 0.25) is 3.79 Å². The van der Waals surface area contributed by atoms with Gasteiger partial charge >= 0.3 is 6.09 Å². The van der Waals surface area contributed by atoms with Crippen molar-refractivity contribution in [2.24, 2.45) is 5.92 Å². The minimum Gasteiger partial charge on any atom is -0.453 e. The van der Waals surface area contributed by atoms with E-state index in [0.29, 0.717) is 0 Å². The summed E-state index contributed by atoms with van der Waals surface area (Å²) in [4.78, 5) is 22.0. The first kappa shape index (κ1) is 12.7. The summed E-state index contributed by atoms with van der Waals surface area (Å²) < 4.78 is 4.35. The molecule has 0 aliphatic heterocycles. The third-order valence-electron chi connectivity index (χ3n) is 1.92. The molecule has 2 atom stereocenters. The number of amides is 1. The average Bonchev–Trinajstić information content (AvgIpc) is 2.11. The molecule has 0 aliphatic carbocycles. The van der Waals surface area contributed by atoms with Crippen molar-refractivity contribution in [1.29, 1.82) is 0 Å². The van der Waals surface area contributed by atoms with Crippen molar-refractivity contribution in [3.63, 3.8) is 0 Å². The molecule has 0 aromatic heterocycles. The molecule has 1 N–H and O–H groups in total. The van der Waals surface area contributed by atoms with Crippen molar-refractivity contribution >= 4 is 32.5 Å². The van der Waals surface area contributed by atoms with E-state index in [2.05, 4.69) is 10.1 Å². The van der Waals surface area contributed by atoms with Crippen LogP contribution in [-0.2, 0) is 9.53 Å². The molecule has 13 heavy (non-hydrogen) atoms. The Balaban J connectivity index is 4.26. The standard InChI is InChI=1S/C8H14INO3/c1-4-5(2)6(7(9)11)10-8(12)13-3/h5-6H,4H2,1-3H3,(H,10,12)/t5-,6-/m0/s1. The second-order valence-corrected chi connectivity index (χ2v) is 3.87. The predicted octanol–water partition coefficient (Wildman–Crippen LogP) is 1.72. The van der Waals surface area contributed by atoms with Gasteiger partial charge in [-0.3, -0.25) is 4.79 Å². The Morgan fingerprint density at radius 3 is 2.38 bits per heavy atom. The molecular weight excluding hydrogens is 285 g/mol. The summed E-state index contributed by atoms with van der Waals surface area (Å²) in [5.74, 6) is 0.128. The van der Waals surface area contributed by atoms with Gasteiger partial charge in [-0.25, -0.2) is 4.79 Å². The summed E-state index contributed by atoms with van der Waals surface area (Å²) in [6, 6.07) is -0.446. The van der Waals surface area contributed by atoms with Gasteiger partial charge in [-0.15, -0.1) is 0 Å². The fraction of sp³-hybridized carbons (Fsp3) is 0.750. The van der Waals surface area contributed by atoms with Crippen molar-refractivity contribution in [1.82, 2.24) is 5.32 Å². The molecule has 0 fully saturated rings. The van der Waals surface area contributed by atoms with Gasteiger partial charge in [0, 0.05) is 22.6 Å². The van der Waals surface area contributed by atoms with Crippen LogP contribution in [0.1, 0.15) is 20.3 Å². The van der Waals surface area contributed by atoms with E-state index in [-0.39, 0.29) is 9.71 Å². The highest BCUT2D eigenvalue weighted by Gasteiger charge is 2.23. The number of hydrogen-bond donors (Lipinski definition) is 1. The van der Waals surface area contributed by atoms with Gasteiger partial charge in [-0.2, -0.15) is 0 Å². The van der Waals surface area contributed by atoms with E-state index in [4.69, 9.17) is 0 Å². The van der Waals surface area contributed by atoms with Crippen molar-refractivity contribution in [3.8, 4) is 0 Å². The number of halogens is 1. The monoisotopic (exact) mass is 299 g/mol. The summed E-state index contributed by atoms with van der Waals surface area (Å²) in [5.41, 5.74) is 0. The van der Waals surface area contributed by atoms with Crippen molar-refractivity contribution in [2.45, 2.75) is 26.3 Å². The highest BCUT2D eigenvalue weighted by Crippen LogP contribution is 2.11. The summed E-state index contributed by atoms with van der Waals surface area (Å²) in [7, 11) is 1.28. The summed E-state index contributed by atoms with van der Waals surface area (Å²) >= 11 is 1.68. The molecule has 5 heteroatoms. The van der Waals surface area contributed by atoms with Crippen molar-refractivity contribution in [2.75, 3.05) is 7.11 Å². The highest BCUT2D eigenvalue weighted by molar-refractivity contribution is 14.1. The molecular formula is C8H14INO3. The first-order valence-corrected chi connectivity index (χ1v) is 5.14. The van der Waals surface area contributed by atoms with Gasteiger partial charge in [0.1, 0.15) is 6.04 Å². The largest absolute Gasteiger partial charge is 0.453 e. The van der Waals surface area contributed by atoms with Crippen LogP contribution < -0.4 is 5.32 Å². The molecule has 0 saturated carbocycles. The summed E-state index contributed by atoms with van der Waals surface area (Å²) in [6.45, 7) is 3.88. The van der Waals surface area contributed by atoms with Gasteiger partial charge in [0.25, 0.3) is 0 Å². The molecule has 4 nitrogen and oxygen atoms in total. The zero-order valence-electron chi connectivity index (χ0n) is 7.96. The molecule has 0 heterocycles. The van der Waals surface area contributed by atoms with E-state index in [0.717, 1.165) is 6.42 Å². The number of carbonyl (C=O) groups excluding carboxylic acids is 2. The van der Waals surface area contributed by atoms with E-state index < -0.39 is 12.1 Å². The third-order valence-corrected chi connectivity index (χ3v) is 2.59. The first-order chi connectivity index (χ1) is 6.02. The predicted molar refractivity (Wildman–Crippen MR) is 57.8 cm³/mol. The minimum absolute atomic E-state index is 0.0719. The second kappa shape index (κ2) is 6.17. The topological polar surface area (TPSA) is 55.4 Å². The molecule has 0 rings (SSSR count). The van der Waals surface area contributed by atoms with Crippen LogP contribution >= 0.6 is 22.6 Å². The van der Waals surface area contributed by atoms with E-state index in [1.807, 2.05) is 13.8 Å². The maximum atomic E-state index is 11.1. The molecule has 0 aromatic rings. The van der Waals surface area contributed by atoms with Gasteiger partial charge in [0.05, 0.1) is 7.11 Å². The van der Waals surface area contributed by atoms with Crippen LogP contribution in [0.25, 0.3) is 0 Å². The number of nitrogens with one attached hydrogen (secondary N) is 1. The van der Waals surface area contributed by atoms with Gasteiger partial charge in [-0.1, -0.05) is 20.3 Å². The Morgan fingerprint density at radius 1 is 1.54 bits per heavy atom. The smallest absolute Gasteiger partial charge is 0.407 e. The fourth-order valence-corrected chi connectivity index (χ4v) is 1.61. The van der Waals surface area contributed by atoms with Crippen LogP contribution in [0.15, 0.2) is 0 Å². The molecule has 1 amide bonds. The maximum absolute atomic E-state index is 11.1. The van der Waals surface area contributed by atoms with Gasteiger partial charge in [0.15, 0.2) is 0 Å². The average molecular weight is 299 g/mol. The van der Waals surface area contributed by atoms with Crippen molar-refractivity contribution in [3.05, 3.63) is 0 Å². The lowest BCUT2D eigenvalue weighted by atomic mass is 10.0. The second-order valence-electron chi connectivity index (χ2n) is 2.80. The first-order valence-electron chi connectivity index (χ1n) is 4.06. The molecule has 0 bridgehead atoms. The van der Waals surface area contributed by atoms with Crippen LogP contribution in [0, 0.1) is 5.92 Å². The van der Waals surface area contributed by atoms with E-state index >= 15 is 0 Å². The van der Waals surface area contributed by atoms with Crippen LogP contribution in [-0.4, -0.2) is 23.0 Å². The number of alkyl carbamates (subject to hydrolysis) is 1. The lowest BCUT2D eigenvalue weighted by molar-refractivity contribution is -0.112. The quantitative estimate of drug-likeness (QED) is 0.635. The third kappa shape index (κ3) is 4.44. The summed E-state index contributed by atoms with van der Waals surface area (Å²) in [5, 5.41) is 2.50. The van der Waals surface area contributed by atoms with Crippen LogP contribution in [0.2, 0.25) is 0 Å². The number of hydrogen-bond acceptors (Lipinski definition) is 3. The zero-order valence-corrected chi connectivity index (χ0v) is 10.1. The van der Waals surface area contributed by atoms with Crippen LogP contribution in [0.5, 0.6) is 0 Å². The molecule has 0 radical (unpaired) electrons. The Bertz CT molecular complexity index is 196. The van der Waals surface area contributed by atoms with Crippen LogP contribution in [0.3, 0.4) is 0 Å². The molecule has 0 unspecified atom stereocenters. The van der Waals surface area contributed by atoms with E-state index in [1.165, 1.54) is 7.11 Å². The molecule has 0 aromatic carbocycles. The van der Waals surface area contributed by atoms with Crippen molar-refractivity contribution < 1.29 is 14.3 Å². The number of rotatable bonds is 4. The highest BCUT2D eigenvalue weighted by atomic mass is 127. The Hall–Kier alpha value is -0.330. The number of ether oxygens (including phenoxy) is 1. The zero-order chi connectivity index (χ0) is 10.4. The number of methoxy groups -OCH3 is 1. The van der Waals surface area contributed by atoms with Crippen LogP contribution in [0.4, 0.5) is 4.79 Å². The minimum atomic E-state index is -0.560. The van der Waals surface area contributed by atoms with E-state index in [1.54, 1.807) is 22.6 Å². The molecule has 0 spiro atoms. The normalized spacial score (nSPS) is 14.5.